The van der Waals surface area contributed by atoms with Gasteiger partial charge in [-0.15, -0.1) is 0 Å². The van der Waals surface area contributed by atoms with Crippen LogP contribution in [0.15, 0.2) is 42.5 Å². The summed E-state index contributed by atoms with van der Waals surface area (Å²) in [5.41, 5.74) is 7.00. The Balaban J connectivity index is 1.73. The van der Waals surface area contributed by atoms with Crippen molar-refractivity contribution in [2.24, 2.45) is 0 Å². The van der Waals surface area contributed by atoms with Crippen molar-refractivity contribution in [3.05, 3.63) is 69.3 Å². The van der Waals surface area contributed by atoms with Gasteiger partial charge in [0.25, 0.3) is 5.91 Å². The lowest BCUT2D eigenvalue weighted by atomic mass is 10.0. The second-order valence-corrected chi connectivity index (χ2v) is 8.75. The van der Waals surface area contributed by atoms with E-state index in [1.807, 2.05) is 36.2 Å². The van der Waals surface area contributed by atoms with Crippen molar-refractivity contribution < 1.29 is 9.53 Å². The third-order valence-corrected chi connectivity index (χ3v) is 6.04. The number of ether oxygens (including phenoxy) is 1. The standard InChI is InChI=1S/C26H23Cl2N5O2/c1-18-24(26(34)31-32-13-15-35-16-14-32)30-33(23-11-10-21(27)17-22(23)28)25(18)20-8-6-19(7-9-20)5-3-2-4-12-29/h6-11,17H,2,4,13-16H2,1H3,(H,31,34). The van der Waals surface area contributed by atoms with Gasteiger partial charge in [-0.3, -0.25) is 10.2 Å². The molecule has 1 aliphatic heterocycles. The van der Waals surface area contributed by atoms with E-state index >= 15 is 0 Å². The second-order valence-electron chi connectivity index (χ2n) is 7.91. The number of aromatic nitrogens is 2. The van der Waals surface area contributed by atoms with Crippen LogP contribution in [-0.2, 0) is 4.74 Å². The predicted molar refractivity (Wildman–Crippen MR) is 135 cm³/mol. The third kappa shape index (κ3) is 5.85. The topological polar surface area (TPSA) is 83.2 Å². The van der Waals surface area contributed by atoms with Crippen LogP contribution >= 0.6 is 23.2 Å². The number of morpholine rings is 1. The zero-order chi connectivity index (χ0) is 24.8. The van der Waals surface area contributed by atoms with E-state index < -0.39 is 0 Å². The van der Waals surface area contributed by atoms with Crippen LogP contribution in [0.25, 0.3) is 16.9 Å². The molecular formula is C26H23Cl2N5O2. The molecule has 178 valence electrons. The minimum absolute atomic E-state index is 0.297. The summed E-state index contributed by atoms with van der Waals surface area (Å²) in [6, 6.07) is 14.9. The summed E-state index contributed by atoms with van der Waals surface area (Å²) in [5.74, 6) is 5.76. The number of nitrogens with zero attached hydrogens (tertiary/aromatic N) is 4. The van der Waals surface area contributed by atoms with Crippen molar-refractivity contribution >= 4 is 29.1 Å². The average molecular weight is 508 g/mol. The molecule has 0 unspecified atom stereocenters. The zero-order valence-corrected chi connectivity index (χ0v) is 20.7. The third-order valence-electron chi connectivity index (χ3n) is 5.50. The molecule has 3 aromatic rings. The lowest BCUT2D eigenvalue weighted by Gasteiger charge is -2.26. The van der Waals surface area contributed by atoms with Crippen LogP contribution in [0, 0.1) is 30.1 Å². The number of hydrazine groups is 1. The van der Waals surface area contributed by atoms with Crippen molar-refractivity contribution in [1.82, 2.24) is 20.2 Å². The minimum atomic E-state index is -0.297. The number of rotatable bonds is 5. The molecule has 1 fully saturated rings. The molecule has 2 aromatic carbocycles. The first-order chi connectivity index (χ1) is 17.0. The summed E-state index contributed by atoms with van der Waals surface area (Å²) in [6.45, 7) is 4.21. The molecule has 35 heavy (non-hydrogen) atoms. The van der Waals surface area contributed by atoms with E-state index in [-0.39, 0.29) is 5.91 Å². The Labute approximate surface area is 214 Å². The molecule has 1 N–H and O–H groups in total. The lowest BCUT2D eigenvalue weighted by Crippen LogP contribution is -2.48. The number of halogens is 2. The highest BCUT2D eigenvalue weighted by atomic mass is 35.5. The van der Waals surface area contributed by atoms with Gasteiger partial charge in [-0.2, -0.15) is 10.4 Å². The van der Waals surface area contributed by atoms with Crippen molar-refractivity contribution in [2.75, 3.05) is 26.3 Å². The Hall–Kier alpha value is -3.33. The van der Waals surface area contributed by atoms with Gasteiger partial charge in [-0.05, 0) is 37.3 Å². The molecule has 0 radical (unpaired) electrons. The van der Waals surface area contributed by atoms with E-state index in [1.54, 1.807) is 22.9 Å². The molecule has 0 aliphatic carbocycles. The Kier molecular flexibility index (Phi) is 8.07. The van der Waals surface area contributed by atoms with E-state index in [9.17, 15) is 4.79 Å². The van der Waals surface area contributed by atoms with Gasteiger partial charge in [0.2, 0.25) is 0 Å². The van der Waals surface area contributed by atoms with Crippen LogP contribution in [0.1, 0.15) is 34.5 Å². The molecule has 4 rings (SSSR count). The summed E-state index contributed by atoms with van der Waals surface area (Å²) >= 11 is 12.6. The Bertz CT molecular complexity index is 1330. The van der Waals surface area contributed by atoms with E-state index in [0.29, 0.717) is 60.6 Å². The van der Waals surface area contributed by atoms with Crippen molar-refractivity contribution in [3.8, 4) is 34.9 Å². The van der Waals surface area contributed by atoms with Crippen molar-refractivity contribution in [3.63, 3.8) is 0 Å². The van der Waals surface area contributed by atoms with Crippen LogP contribution in [-0.4, -0.2) is 47.0 Å². The largest absolute Gasteiger partial charge is 0.379 e. The van der Waals surface area contributed by atoms with Gasteiger partial charge in [0, 0.05) is 47.6 Å². The van der Waals surface area contributed by atoms with Gasteiger partial charge < -0.3 is 4.74 Å². The molecule has 1 aliphatic rings. The Morgan fingerprint density at radius 2 is 1.89 bits per heavy atom. The lowest BCUT2D eigenvalue weighted by molar-refractivity contribution is 0.0124. The number of benzene rings is 2. The van der Waals surface area contributed by atoms with Gasteiger partial charge in [-0.1, -0.05) is 47.2 Å². The Morgan fingerprint density at radius 1 is 1.14 bits per heavy atom. The highest BCUT2D eigenvalue weighted by Gasteiger charge is 2.25. The molecule has 1 saturated heterocycles. The highest BCUT2D eigenvalue weighted by molar-refractivity contribution is 6.35. The van der Waals surface area contributed by atoms with E-state index in [2.05, 4.69) is 28.4 Å². The van der Waals surface area contributed by atoms with Crippen molar-refractivity contribution in [1.29, 1.82) is 5.26 Å². The van der Waals surface area contributed by atoms with Gasteiger partial charge in [0.15, 0.2) is 5.69 Å². The van der Waals surface area contributed by atoms with E-state index in [1.165, 1.54) is 0 Å². The summed E-state index contributed by atoms with van der Waals surface area (Å²) < 4.78 is 7.03. The number of amides is 1. The minimum Gasteiger partial charge on any atom is -0.379 e. The quantitative estimate of drug-likeness (QED) is 0.396. The first-order valence-corrected chi connectivity index (χ1v) is 11.9. The molecule has 1 amide bonds. The zero-order valence-electron chi connectivity index (χ0n) is 19.1. The smallest absolute Gasteiger partial charge is 0.286 e. The molecule has 0 bridgehead atoms. The van der Waals surface area contributed by atoms with Gasteiger partial charge in [0.1, 0.15) is 0 Å². The first-order valence-electron chi connectivity index (χ1n) is 11.1. The van der Waals surface area contributed by atoms with Crippen LogP contribution in [0.3, 0.4) is 0 Å². The highest BCUT2D eigenvalue weighted by Crippen LogP contribution is 2.32. The summed E-state index contributed by atoms with van der Waals surface area (Å²) in [6.07, 6.45) is 0.932. The van der Waals surface area contributed by atoms with E-state index in [4.69, 9.17) is 33.2 Å². The summed E-state index contributed by atoms with van der Waals surface area (Å²) in [5, 5.41) is 16.1. The average Bonchev–Trinajstić information content (AvgIpc) is 3.19. The molecule has 1 aromatic heterocycles. The fraction of sp³-hybridized carbons (Fsp3) is 0.269. The molecular weight excluding hydrogens is 485 g/mol. The predicted octanol–water partition coefficient (Wildman–Crippen LogP) is 4.79. The summed E-state index contributed by atoms with van der Waals surface area (Å²) in [7, 11) is 0. The van der Waals surface area contributed by atoms with Crippen LogP contribution < -0.4 is 5.43 Å². The number of carbonyl (C=O) groups excluding carboxylic acids is 1. The number of nitrogens with one attached hydrogen (secondary N) is 1. The van der Waals surface area contributed by atoms with Gasteiger partial charge >= 0.3 is 0 Å². The first kappa shape index (κ1) is 24.8. The van der Waals surface area contributed by atoms with Crippen LogP contribution in [0.2, 0.25) is 10.0 Å². The fourth-order valence-electron chi connectivity index (χ4n) is 3.74. The maximum absolute atomic E-state index is 13.2. The van der Waals surface area contributed by atoms with Crippen LogP contribution in [0.5, 0.6) is 0 Å². The fourth-order valence-corrected chi connectivity index (χ4v) is 4.23. The molecule has 7 nitrogen and oxygen atoms in total. The maximum atomic E-state index is 13.2. The van der Waals surface area contributed by atoms with Gasteiger partial charge in [-0.25, -0.2) is 9.69 Å². The number of hydrogen-bond donors (Lipinski definition) is 1. The van der Waals surface area contributed by atoms with Gasteiger partial charge in [0.05, 0.1) is 35.7 Å². The van der Waals surface area contributed by atoms with Crippen LogP contribution in [0.4, 0.5) is 0 Å². The molecule has 2 heterocycles. The number of hydrogen-bond acceptors (Lipinski definition) is 5. The normalized spacial score (nSPS) is 13.5. The monoisotopic (exact) mass is 507 g/mol. The number of unbranched alkanes of at least 4 members (excludes halogenated alkanes) is 1. The number of carbonyl (C=O) groups is 1. The second kappa shape index (κ2) is 11.4. The number of nitriles is 1. The molecule has 0 spiro atoms. The van der Waals surface area contributed by atoms with Crippen molar-refractivity contribution in [2.45, 2.75) is 19.8 Å². The summed E-state index contributed by atoms with van der Waals surface area (Å²) in [4.78, 5) is 13.2. The SMILES string of the molecule is Cc1c(C(=O)NN2CCOCC2)nn(-c2ccc(Cl)cc2Cl)c1-c1ccc(C#CCCC#N)cc1. The maximum Gasteiger partial charge on any atom is 0.286 e. The Morgan fingerprint density at radius 3 is 2.57 bits per heavy atom. The molecule has 0 atom stereocenters. The van der Waals surface area contributed by atoms with E-state index in [0.717, 1.165) is 22.4 Å². The molecule has 0 saturated carbocycles. The molecule has 9 heteroatoms.